The van der Waals surface area contributed by atoms with Crippen LogP contribution in [0.15, 0.2) is 30.5 Å². The molecule has 0 spiro atoms. The van der Waals surface area contributed by atoms with Crippen LogP contribution >= 0.6 is 0 Å². The maximum absolute atomic E-state index is 12.2. The molecule has 0 bridgehead atoms. The van der Waals surface area contributed by atoms with Crippen molar-refractivity contribution in [1.29, 1.82) is 0 Å². The van der Waals surface area contributed by atoms with E-state index in [1.165, 1.54) is 0 Å². The molecule has 2 aromatic rings. The minimum absolute atomic E-state index is 0.437. The Morgan fingerprint density at radius 1 is 1.28 bits per heavy atom. The number of hydrogen-bond donors (Lipinski definition) is 2. The number of nitrogens with one attached hydrogen (secondary N) is 2. The Bertz CT molecular complexity index is 516. The molecule has 0 radical (unpaired) electrons. The number of aromatic amines is 1. The molecule has 1 unspecified atom stereocenters. The molecule has 0 aliphatic heterocycles. The predicted molar refractivity (Wildman–Crippen MR) is 65.3 cm³/mol. The summed E-state index contributed by atoms with van der Waals surface area (Å²) in [6, 6.07) is 7.10. The van der Waals surface area contributed by atoms with Gasteiger partial charge in [-0.3, -0.25) is 0 Å². The van der Waals surface area contributed by atoms with Gasteiger partial charge in [0.15, 0.2) is 0 Å². The molecule has 1 aromatic carbocycles. The first-order valence-electron chi connectivity index (χ1n) is 5.81. The van der Waals surface area contributed by atoms with Gasteiger partial charge in [-0.05, 0) is 24.6 Å². The van der Waals surface area contributed by atoms with Gasteiger partial charge in [0.05, 0.1) is 6.42 Å². The van der Waals surface area contributed by atoms with Crippen molar-refractivity contribution < 1.29 is 13.2 Å². The maximum Gasteiger partial charge on any atom is 0.390 e. The van der Waals surface area contributed by atoms with Gasteiger partial charge in [-0.1, -0.05) is 12.1 Å². The smallest absolute Gasteiger partial charge is 0.361 e. The van der Waals surface area contributed by atoms with Crippen LogP contribution in [0, 0.1) is 0 Å². The Morgan fingerprint density at radius 2 is 2.06 bits per heavy atom. The number of alkyl halides is 3. The summed E-state index contributed by atoms with van der Waals surface area (Å²) >= 11 is 0. The van der Waals surface area contributed by atoms with Crippen molar-refractivity contribution in [3.63, 3.8) is 0 Å². The second kappa shape index (κ2) is 5.02. The Balaban J connectivity index is 2.00. The van der Waals surface area contributed by atoms with Crippen LogP contribution in [0.2, 0.25) is 0 Å². The van der Waals surface area contributed by atoms with Gasteiger partial charge in [0.1, 0.15) is 0 Å². The van der Waals surface area contributed by atoms with Gasteiger partial charge in [0.2, 0.25) is 0 Å². The summed E-state index contributed by atoms with van der Waals surface area (Å²) in [6.07, 6.45) is -3.10. The number of fused-ring (bicyclic) bond motifs is 1. The third kappa shape index (κ3) is 3.26. The maximum atomic E-state index is 12.2. The molecular formula is C13H15F3N2. The van der Waals surface area contributed by atoms with Crippen LogP contribution in [-0.2, 0) is 6.54 Å². The summed E-state index contributed by atoms with van der Waals surface area (Å²) in [6.45, 7) is 1.98. The average molecular weight is 256 g/mol. The molecule has 2 nitrogen and oxygen atoms in total. The fourth-order valence-corrected chi connectivity index (χ4v) is 2.01. The van der Waals surface area contributed by atoms with Gasteiger partial charge in [-0.25, -0.2) is 0 Å². The highest BCUT2D eigenvalue weighted by Gasteiger charge is 2.29. The third-order valence-corrected chi connectivity index (χ3v) is 2.86. The average Bonchev–Trinajstić information content (AvgIpc) is 2.72. The van der Waals surface area contributed by atoms with Gasteiger partial charge in [-0.2, -0.15) is 13.2 Å². The summed E-state index contributed by atoms with van der Waals surface area (Å²) in [7, 11) is 0. The largest absolute Gasteiger partial charge is 0.390 e. The first-order chi connectivity index (χ1) is 8.46. The fraction of sp³-hybridized carbons (Fsp3) is 0.385. The molecular weight excluding hydrogens is 241 g/mol. The number of benzene rings is 1. The topological polar surface area (TPSA) is 27.8 Å². The van der Waals surface area contributed by atoms with E-state index in [1.807, 2.05) is 30.5 Å². The van der Waals surface area contributed by atoms with Crippen LogP contribution < -0.4 is 5.32 Å². The standard InChI is InChI=1S/C13H15F3N2/c1-9(7-13(14,15)16)18-8-10-3-2-4-12-11(10)5-6-17-12/h2-6,9,17-18H,7-8H2,1H3. The molecule has 0 amide bonds. The zero-order chi connectivity index (χ0) is 13.2. The molecule has 0 saturated heterocycles. The van der Waals surface area contributed by atoms with Crippen LogP contribution in [0.1, 0.15) is 18.9 Å². The van der Waals surface area contributed by atoms with E-state index < -0.39 is 18.6 Å². The van der Waals surface area contributed by atoms with Crippen molar-refractivity contribution in [2.24, 2.45) is 0 Å². The summed E-state index contributed by atoms with van der Waals surface area (Å²) in [5.74, 6) is 0. The number of halogens is 3. The van der Waals surface area contributed by atoms with Crippen molar-refractivity contribution >= 4 is 10.9 Å². The van der Waals surface area contributed by atoms with E-state index in [0.717, 1.165) is 16.5 Å². The van der Waals surface area contributed by atoms with Crippen molar-refractivity contribution in [1.82, 2.24) is 10.3 Å². The Morgan fingerprint density at radius 3 is 2.78 bits per heavy atom. The predicted octanol–water partition coefficient (Wildman–Crippen LogP) is 3.60. The second-order valence-corrected chi connectivity index (χ2v) is 4.46. The lowest BCUT2D eigenvalue weighted by atomic mass is 10.1. The van der Waals surface area contributed by atoms with Gasteiger partial charge < -0.3 is 10.3 Å². The molecule has 0 fully saturated rings. The molecule has 2 N–H and O–H groups in total. The van der Waals surface area contributed by atoms with E-state index in [9.17, 15) is 13.2 Å². The molecule has 0 saturated carbocycles. The Kier molecular flexibility index (Phi) is 3.61. The highest BCUT2D eigenvalue weighted by atomic mass is 19.4. The molecule has 18 heavy (non-hydrogen) atoms. The Hall–Kier alpha value is -1.49. The highest BCUT2D eigenvalue weighted by Crippen LogP contribution is 2.22. The van der Waals surface area contributed by atoms with Gasteiger partial charge in [0, 0.05) is 29.7 Å². The van der Waals surface area contributed by atoms with Crippen molar-refractivity contribution in [3.05, 3.63) is 36.0 Å². The molecule has 98 valence electrons. The minimum Gasteiger partial charge on any atom is -0.361 e. The molecule has 1 atom stereocenters. The van der Waals surface area contributed by atoms with E-state index in [4.69, 9.17) is 0 Å². The third-order valence-electron chi connectivity index (χ3n) is 2.86. The van der Waals surface area contributed by atoms with Crippen LogP contribution in [0.25, 0.3) is 10.9 Å². The number of hydrogen-bond acceptors (Lipinski definition) is 1. The van der Waals surface area contributed by atoms with Crippen LogP contribution in [-0.4, -0.2) is 17.2 Å². The fourth-order valence-electron chi connectivity index (χ4n) is 2.01. The second-order valence-electron chi connectivity index (χ2n) is 4.46. The van der Waals surface area contributed by atoms with Gasteiger partial charge >= 0.3 is 6.18 Å². The number of H-pyrrole nitrogens is 1. The zero-order valence-electron chi connectivity index (χ0n) is 10.0. The normalized spacial score (nSPS) is 14.0. The molecule has 1 heterocycles. The van der Waals surface area contributed by atoms with E-state index in [1.54, 1.807) is 6.92 Å². The minimum atomic E-state index is -4.12. The van der Waals surface area contributed by atoms with E-state index >= 15 is 0 Å². The lowest BCUT2D eigenvalue weighted by molar-refractivity contribution is -0.139. The summed E-state index contributed by atoms with van der Waals surface area (Å²) in [4.78, 5) is 3.08. The lowest BCUT2D eigenvalue weighted by Gasteiger charge is -2.16. The number of aromatic nitrogens is 1. The summed E-state index contributed by atoms with van der Waals surface area (Å²) in [5, 5.41) is 3.95. The molecule has 0 aliphatic carbocycles. The van der Waals surface area contributed by atoms with Gasteiger partial charge in [-0.15, -0.1) is 0 Å². The van der Waals surface area contributed by atoms with E-state index in [0.29, 0.717) is 6.54 Å². The molecule has 5 heteroatoms. The molecule has 2 rings (SSSR count). The van der Waals surface area contributed by atoms with Crippen molar-refractivity contribution in [2.75, 3.05) is 0 Å². The van der Waals surface area contributed by atoms with E-state index in [2.05, 4.69) is 10.3 Å². The zero-order valence-corrected chi connectivity index (χ0v) is 10.0. The Labute approximate surface area is 103 Å². The first-order valence-corrected chi connectivity index (χ1v) is 5.81. The van der Waals surface area contributed by atoms with Crippen molar-refractivity contribution in [3.8, 4) is 0 Å². The van der Waals surface area contributed by atoms with Crippen molar-refractivity contribution in [2.45, 2.75) is 32.1 Å². The molecule has 1 aromatic heterocycles. The lowest BCUT2D eigenvalue weighted by Crippen LogP contribution is -2.30. The van der Waals surface area contributed by atoms with Crippen LogP contribution in [0.4, 0.5) is 13.2 Å². The molecule has 0 aliphatic rings. The summed E-state index contributed by atoms with van der Waals surface area (Å²) in [5.41, 5.74) is 2.00. The first kappa shape index (κ1) is 13.0. The monoisotopic (exact) mass is 256 g/mol. The van der Waals surface area contributed by atoms with Crippen LogP contribution in [0.3, 0.4) is 0 Å². The number of rotatable bonds is 4. The quantitative estimate of drug-likeness (QED) is 0.859. The summed E-state index contributed by atoms with van der Waals surface area (Å²) < 4.78 is 36.6. The SMILES string of the molecule is CC(CC(F)(F)F)NCc1cccc2[nH]ccc12. The highest BCUT2D eigenvalue weighted by molar-refractivity contribution is 5.82. The van der Waals surface area contributed by atoms with Crippen LogP contribution in [0.5, 0.6) is 0 Å². The van der Waals surface area contributed by atoms with E-state index in [-0.39, 0.29) is 0 Å². The van der Waals surface area contributed by atoms with Gasteiger partial charge in [0.25, 0.3) is 0 Å².